The van der Waals surface area contributed by atoms with Gasteiger partial charge in [-0.15, -0.1) is 11.3 Å². The fourth-order valence-corrected chi connectivity index (χ4v) is 4.37. The molecule has 156 valence electrons. The van der Waals surface area contributed by atoms with Crippen LogP contribution in [0.25, 0.3) is 10.6 Å². The van der Waals surface area contributed by atoms with E-state index in [4.69, 9.17) is 4.98 Å². The van der Waals surface area contributed by atoms with Gasteiger partial charge in [0.2, 0.25) is 0 Å². The van der Waals surface area contributed by atoms with E-state index in [1.807, 2.05) is 23.1 Å². The normalized spacial score (nSPS) is 16.7. The number of aliphatic imine (C=N–C) groups is 1. The first kappa shape index (κ1) is 20.3. The van der Waals surface area contributed by atoms with Crippen molar-refractivity contribution in [3.05, 3.63) is 65.6 Å². The molecule has 30 heavy (non-hydrogen) atoms. The maximum absolute atomic E-state index is 14.0. The molecule has 3 aromatic rings. The van der Waals surface area contributed by atoms with Gasteiger partial charge in [0.15, 0.2) is 17.6 Å². The Morgan fingerprint density at radius 2 is 2.13 bits per heavy atom. The van der Waals surface area contributed by atoms with Crippen molar-refractivity contribution in [2.45, 2.75) is 18.9 Å². The van der Waals surface area contributed by atoms with Gasteiger partial charge in [-0.2, -0.15) is 0 Å². The first-order chi connectivity index (χ1) is 14.7. The molecule has 1 aliphatic heterocycles. The third-order valence-corrected chi connectivity index (χ3v) is 5.98. The number of rotatable bonds is 6. The molecule has 0 spiro atoms. The van der Waals surface area contributed by atoms with Crippen LogP contribution in [0.15, 0.2) is 59.0 Å². The molecule has 4 rings (SSSR count). The van der Waals surface area contributed by atoms with Gasteiger partial charge in [0, 0.05) is 56.3 Å². The van der Waals surface area contributed by atoms with Gasteiger partial charge in [-0.3, -0.25) is 4.99 Å². The van der Waals surface area contributed by atoms with E-state index in [1.165, 1.54) is 6.07 Å². The van der Waals surface area contributed by atoms with Gasteiger partial charge < -0.3 is 15.5 Å². The number of benzene rings is 1. The highest BCUT2D eigenvalue weighted by atomic mass is 32.1. The van der Waals surface area contributed by atoms with Gasteiger partial charge in [0.1, 0.15) is 5.01 Å². The van der Waals surface area contributed by atoms with Crippen molar-refractivity contribution >= 4 is 23.1 Å². The molecule has 0 amide bonds. The van der Waals surface area contributed by atoms with E-state index < -0.39 is 0 Å². The lowest BCUT2D eigenvalue weighted by atomic mass is 10.2. The van der Waals surface area contributed by atoms with E-state index in [9.17, 15) is 4.39 Å². The standard InChI is InChI=1S/C22H25FN6S/c1-24-22(28-17-10-13-29(14-17)20-19(23)8-5-11-25-20)26-12-9-18-15-30-21(27-18)16-6-3-2-4-7-16/h2-8,11,15,17H,9-10,12-14H2,1H3,(H2,24,26,28). The molecule has 1 aromatic carbocycles. The molecule has 1 atom stereocenters. The summed E-state index contributed by atoms with van der Waals surface area (Å²) < 4.78 is 14.0. The summed E-state index contributed by atoms with van der Waals surface area (Å²) >= 11 is 1.67. The van der Waals surface area contributed by atoms with Crippen LogP contribution in [-0.4, -0.2) is 48.7 Å². The second-order valence-electron chi connectivity index (χ2n) is 7.14. The summed E-state index contributed by atoms with van der Waals surface area (Å²) in [6, 6.07) is 13.5. The zero-order valence-electron chi connectivity index (χ0n) is 16.9. The van der Waals surface area contributed by atoms with Crippen molar-refractivity contribution in [2.75, 3.05) is 31.6 Å². The molecule has 1 fully saturated rings. The average molecular weight is 425 g/mol. The number of thiazole rings is 1. The van der Waals surface area contributed by atoms with Crippen molar-refractivity contribution in [2.24, 2.45) is 4.99 Å². The van der Waals surface area contributed by atoms with Crippen LogP contribution in [0.3, 0.4) is 0 Å². The number of pyridine rings is 1. The van der Waals surface area contributed by atoms with Crippen LogP contribution in [0.4, 0.5) is 10.2 Å². The monoisotopic (exact) mass is 424 g/mol. The predicted octanol–water partition coefficient (Wildman–Crippen LogP) is 3.33. The first-order valence-electron chi connectivity index (χ1n) is 10.1. The third kappa shape index (κ3) is 4.94. The van der Waals surface area contributed by atoms with Gasteiger partial charge >= 0.3 is 0 Å². The Morgan fingerprint density at radius 3 is 2.93 bits per heavy atom. The lowest BCUT2D eigenvalue weighted by Crippen LogP contribution is -2.45. The molecule has 8 heteroatoms. The number of guanidine groups is 1. The molecular weight excluding hydrogens is 399 g/mol. The maximum Gasteiger partial charge on any atom is 0.191 e. The topological polar surface area (TPSA) is 65.4 Å². The van der Waals surface area contributed by atoms with Gasteiger partial charge in [-0.05, 0) is 18.6 Å². The second-order valence-corrected chi connectivity index (χ2v) is 8.00. The zero-order chi connectivity index (χ0) is 20.8. The molecule has 0 saturated carbocycles. The van der Waals surface area contributed by atoms with Crippen molar-refractivity contribution in [1.29, 1.82) is 0 Å². The van der Waals surface area contributed by atoms with Crippen LogP contribution in [0.1, 0.15) is 12.1 Å². The molecule has 2 aromatic heterocycles. The fourth-order valence-electron chi connectivity index (χ4n) is 3.51. The number of nitrogens with one attached hydrogen (secondary N) is 2. The highest BCUT2D eigenvalue weighted by Crippen LogP contribution is 2.23. The molecule has 0 bridgehead atoms. The molecule has 0 radical (unpaired) electrons. The number of nitrogens with zero attached hydrogens (tertiary/aromatic N) is 4. The third-order valence-electron chi connectivity index (χ3n) is 5.04. The molecule has 6 nitrogen and oxygen atoms in total. The Morgan fingerprint density at radius 1 is 1.27 bits per heavy atom. The van der Waals surface area contributed by atoms with Crippen LogP contribution >= 0.6 is 11.3 Å². The summed E-state index contributed by atoms with van der Waals surface area (Å²) in [6.45, 7) is 2.20. The Bertz CT molecular complexity index is 990. The maximum atomic E-state index is 14.0. The minimum absolute atomic E-state index is 0.196. The quantitative estimate of drug-likeness (QED) is 0.469. The van der Waals surface area contributed by atoms with Crippen LogP contribution < -0.4 is 15.5 Å². The summed E-state index contributed by atoms with van der Waals surface area (Å²) in [7, 11) is 1.76. The van der Waals surface area contributed by atoms with Crippen molar-refractivity contribution in [1.82, 2.24) is 20.6 Å². The van der Waals surface area contributed by atoms with Gasteiger partial charge in [-0.25, -0.2) is 14.4 Å². The number of halogens is 1. The van der Waals surface area contributed by atoms with Gasteiger partial charge in [-0.1, -0.05) is 30.3 Å². The smallest absolute Gasteiger partial charge is 0.191 e. The largest absolute Gasteiger partial charge is 0.356 e. The minimum Gasteiger partial charge on any atom is -0.356 e. The highest BCUT2D eigenvalue weighted by molar-refractivity contribution is 7.13. The van der Waals surface area contributed by atoms with Crippen molar-refractivity contribution in [3.8, 4) is 10.6 Å². The lowest BCUT2D eigenvalue weighted by molar-refractivity contribution is 0.612. The van der Waals surface area contributed by atoms with E-state index in [2.05, 4.69) is 38.1 Å². The van der Waals surface area contributed by atoms with E-state index in [1.54, 1.807) is 30.6 Å². The lowest BCUT2D eigenvalue weighted by Gasteiger charge is -2.19. The Labute approximate surface area is 179 Å². The van der Waals surface area contributed by atoms with Crippen LogP contribution in [0, 0.1) is 5.82 Å². The molecule has 2 N–H and O–H groups in total. The van der Waals surface area contributed by atoms with E-state index in [0.29, 0.717) is 12.4 Å². The Hall–Kier alpha value is -3.00. The van der Waals surface area contributed by atoms with Gasteiger partial charge in [0.25, 0.3) is 0 Å². The summed E-state index contributed by atoms with van der Waals surface area (Å²) in [5, 5.41) is 9.94. The number of anilines is 1. The zero-order valence-corrected chi connectivity index (χ0v) is 17.7. The number of hydrogen-bond donors (Lipinski definition) is 2. The van der Waals surface area contributed by atoms with Crippen molar-refractivity contribution in [3.63, 3.8) is 0 Å². The molecule has 1 unspecified atom stereocenters. The van der Waals surface area contributed by atoms with Gasteiger partial charge in [0.05, 0.1) is 5.69 Å². The molecule has 3 heterocycles. The highest BCUT2D eigenvalue weighted by Gasteiger charge is 2.25. The molecule has 0 aliphatic carbocycles. The van der Waals surface area contributed by atoms with Crippen LogP contribution in [0.2, 0.25) is 0 Å². The van der Waals surface area contributed by atoms with Crippen LogP contribution in [0.5, 0.6) is 0 Å². The van der Waals surface area contributed by atoms with E-state index in [-0.39, 0.29) is 11.9 Å². The number of hydrogen-bond acceptors (Lipinski definition) is 5. The first-order valence-corrected chi connectivity index (χ1v) is 10.9. The average Bonchev–Trinajstić information content (AvgIpc) is 3.44. The SMILES string of the molecule is CN=C(NCCc1csc(-c2ccccc2)n1)NC1CCN(c2ncccc2F)C1. The Balaban J connectivity index is 1.25. The summed E-state index contributed by atoms with van der Waals surface area (Å²) in [6.07, 6.45) is 3.35. The van der Waals surface area contributed by atoms with E-state index in [0.717, 1.165) is 48.2 Å². The van der Waals surface area contributed by atoms with Crippen LogP contribution in [-0.2, 0) is 6.42 Å². The predicted molar refractivity (Wildman–Crippen MR) is 121 cm³/mol. The minimum atomic E-state index is -0.279. The van der Waals surface area contributed by atoms with E-state index >= 15 is 0 Å². The molecule has 1 aliphatic rings. The van der Waals surface area contributed by atoms with Crippen molar-refractivity contribution < 1.29 is 4.39 Å². The molecular formula is C22H25FN6S. The second kappa shape index (κ2) is 9.67. The fraction of sp³-hybridized carbons (Fsp3) is 0.318. The summed E-state index contributed by atoms with van der Waals surface area (Å²) in [5.74, 6) is 0.892. The number of aromatic nitrogens is 2. The molecule has 1 saturated heterocycles. The Kier molecular flexibility index (Phi) is 6.53. The summed E-state index contributed by atoms with van der Waals surface area (Å²) in [5.41, 5.74) is 2.22. The summed E-state index contributed by atoms with van der Waals surface area (Å²) in [4.78, 5) is 15.2.